The van der Waals surface area contributed by atoms with Crippen molar-refractivity contribution >= 4 is 26.8 Å². The first-order valence-electron chi connectivity index (χ1n) is 10.8. The van der Waals surface area contributed by atoms with E-state index < -0.39 is 45.6 Å². The molecule has 0 saturated carbocycles. The van der Waals surface area contributed by atoms with E-state index in [1.165, 1.54) is 22.8 Å². The standard InChI is InChI=1S/C22H22F4N4O5S/c1-21(5-7-36(32,33)8-6-21)29-19(31)18-28-15-4-3-14(10-16(15)30(18)2)35-20-17(9-13(23)11-27-20)34-12-22(24,25)26/h3-4,9-11H,5-8,12H2,1-2H3,(H,29,31). The lowest BCUT2D eigenvalue weighted by Gasteiger charge is -2.34. The number of carbonyl (C=O) groups excluding carboxylic acids is 1. The van der Waals surface area contributed by atoms with Crippen LogP contribution in [-0.2, 0) is 16.9 Å². The lowest BCUT2D eigenvalue weighted by atomic mass is 9.95. The molecule has 0 atom stereocenters. The largest absolute Gasteiger partial charge is 0.478 e. The molecule has 0 unspecified atom stereocenters. The van der Waals surface area contributed by atoms with Gasteiger partial charge in [0.25, 0.3) is 11.8 Å². The van der Waals surface area contributed by atoms with E-state index in [1.54, 1.807) is 14.0 Å². The molecule has 0 spiro atoms. The van der Waals surface area contributed by atoms with Crippen molar-refractivity contribution in [2.45, 2.75) is 31.5 Å². The smallest absolute Gasteiger partial charge is 0.422 e. The van der Waals surface area contributed by atoms with Gasteiger partial charge in [-0.3, -0.25) is 4.79 Å². The number of amides is 1. The minimum Gasteiger partial charge on any atom is -0.478 e. The van der Waals surface area contributed by atoms with Crippen LogP contribution in [0.2, 0.25) is 0 Å². The van der Waals surface area contributed by atoms with Crippen molar-refractivity contribution in [3.63, 3.8) is 0 Å². The van der Waals surface area contributed by atoms with Crippen LogP contribution in [-0.4, -0.2) is 58.7 Å². The highest BCUT2D eigenvalue weighted by Crippen LogP contribution is 2.33. The molecule has 1 aromatic carbocycles. The Bertz CT molecular complexity index is 1410. The Kier molecular flexibility index (Phi) is 6.58. The van der Waals surface area contributed by atoms with Crippen LogP contribution in [0.3, 0.4) is 0 Å². The van der Waals surface area contributed by atoms with E-state index in [9.17, 15) is 30.8 Å². The van der Waals surface area contributed by atoms with Gasteiger partial charge in [-0.05, 0) is 31.9 Å². The molecule has 0 bridgehead atoms. The molecule has 3 heterocycles. The number of hydrogen-bond donors (Lipinski definition) is 1. The van der Waals surface area contributed by atoms with Gasteiger partial charge in [0.2, 0.25) is 0 Å². The number of nitrogens with zero attached hydrogens (tertiary/aromatic N) is 3. The summed E-state index contributed by atoms with van der Waals surface area (Å²) in [5, 5.41) is 2.87. The Balaban J connectivity index is 1.55. The van der Waals surface area contributed by atoms with Crippen LogP contribution in [0.15, 0.2) is 30.5 Å². The monoisotopic (exact) mass is 530 g/mol. The van der Waals surface area contributed by atoms with Gasteiger partial charge in [0, 0.05) is 24.7 Å². The molecule has 1 amide bonds. The predicted octanol–water partition coefficient (Wildman–Crippen LogP) is 3.54. The number of aromatic nitrogens is 3. The molecule has 3 aromatic rings. The molecule has 1 saturated heterocycles. The summed E-state index contributed by atoms with van der Waals surface area (Å²) in [6, 6.07) is 5.22. The number of rotatable bonds is 6. The topological polar surface area (TPSA) is 112 Å². The van der Waals surface area contributed by atoms with E-state index in [-0.39, 0.29) is 41.8 Å². The lowest BCUT2D eigenvalue weighted by Crippen LogP contribution is -2.51. The molecular weight excluding hydrogens is 508 g/mol. The molecule has 194 valence electrons. The molecule has 0 radical (unpaired) electrons. The molecular formula is C22H22F4N4O5S. The summed E-state index contributed by atoms with van der Waals surface area (Å²) in [5.41, 5.74) is 0.205. The number of fused-ring (bicyclic) bond motifs is 1. The molecule has 2 aromatic heterocycles. The fourth-order valence-electron chi connectivity index (χ4n) is 3.74. The molecule has 4 rings (SSSR count). The highest BCUT2D eigenvalue weighted by atomic mass is 32.2. The average molecular weight is 531 g/mol. The van der Waals surface area contributed by atoms with Gasteiger partial charge >= 0.3 is 6.18 Å². The number of sulfone groups is 1. The predicted molar refractivity (Wildman–Crippen MR) is 120 cm³/mol. The fourth-order valence-corrected chi connectivity index (χ4v) is 5.47. The van der Waals surface area contributed by atoms with E-state index in [1.807, 2.05) is 0 Å². The Morgan fingerprint density at radius 1 is 1.22 bits per heavy atom. The zero-order chi connectivity index (χ0) is 26.3. The summed E-state index contributed by atoms with van der Waals surface area (Å²) in [6.07, 6.45) is -3.30. The van der Waals surface area contributed by atoms with Crippen LogP contribution >= 0.6 is 0 Å². The van der Waals surface area contributed by atoms with E-state index in [0.717, 1.165) is 12.3 Å². The zero-order valence-corrected chi connectivity index (χ0v) is 20.0. The van der Waals surface area contributed by atoms with Crippen LogP contribution in [0.25, 0.3) is 11.0 Å². The third-order valence-corrected chi connectivity index (χ3v) is 7.44. The normalized spacial score (nSPS) is 17.1. The Morgan fingerprint density at radius 2 is 1.92 bits per heavy atom. The summed E-state index contributed by atoms with van der Waals surface area (Å²) >= 11 is 0. The van der Waals surface area contributed by atoms with Crippen molar-refractivity contribution in [2.24, 2.45) is 7.05 Å². The second-order valence-corrected chi connectivity index (χ2v) is 11.1. The van der Waals surface area contributed by atoms with Gasteiger partial charge in [-0.2, -0.15) is 13.2 Å². The van der Waals surface area contributed by atoms with Crippen molar-refractivity contribution < 1.29 is 40.2 Å². The number of nitrogens with one attached hydrogen (secondary N) is 1. The quantitative estimate of drug-likeness (QED) is 0.485. The summed E-state index contributed by atoms with van der Waals surface area (Å²) in [5.74, 6) is -2.11. The number of hydrogen-bond acceptors (Lipinski definition) is 7. The molecule has 14 heteroatoms. The van der Waals surface area contributed by atoms with Gasteiger partial charge in [0.15, 0.2) is 18.2 Å². The van der Waals surface area contributed by atoms with Gasteiger partial charge in [0.1, 0.15) is 21.4 Å². The number of alkyl halides is 3. The maximum Gasteiger partial charge on any atom is 0.422 e. The molecule has 9 nitrogen and oxygen atoms in total. The summed E-state index contributed by atoms with van der Waals surface area (Å²) in [4.78, 5) is 21.0. The summed E-state index contributed by atoms with van der Waals surface area (Å²) < 4.78 is 86.3. The van der Waals surface area contributed by atoms with Crippen LogP contribution in [0.1, 0.15) is 30.4 Å². The van der Waals surface area contributed by atoms with E-state index in [4.69, 9.17) is 4.74 Å². The number of imidazole rings is 1. The van der Waals surface area contributed by atoms with Crippen molar-refractivity contribution in [1.29, 1.82) is 0 Å². The van der Waals surface area contributed by atoms with Crippen LogP contribution < -0.4 is 14.8 Å². The second kappa shape index (κ2) is 9.22. The number of aryl methyl sites for hydroxylation is 1. The van der Waals surface area contributed by atoms with Crippen LogP contribution in [0.4, 0.5) is 17.6 Å². The Hall–Kier alpha value is -3.42. The molecule has 1 aliphatic rings. The Labute approximate surface area is 203 Å². The summed E-state index contributed by atoms with van der Waals surface area (Å²) in [7, 11) is -1.51. The second-order valence-electron chi connectivity index (χ2n) is 8.77. The molecule has 36 heavy (non-hydrogen) atoms. The number of carbonyl (C=O) groups is 1. The van der Waals surface area contributed by atoms with Crippen molar-refractivity contribution in [3.8, 4) is 17.4 Å². The number of benzene rings is 1. The fraction of sp³-hybridized carbons (Fsp3) is 0.409. The van der Waals surface area contributed by atoms with Crippen molar-refractivity contribution in [2.75, 3.05) is 18.1 Å². The van der Waals surface area contributed by atoms with Crippen molar-refractivity contribution in [1.82, 2.24) is 19.9 Å². The van der Waals surface area contributed by atoms with Crippen LogP contribution in [0, 0.1) is 5.82 Å². The van der Waals surface area contributed by atoms with Gasteiger partial charge in [-0.25, -0.2) is 22.8 Å². The molecule has 0 aliphatic carbocycles. The lowest BCUT2D eigenvalue weighted by molar-refractivity contribution is -0.153. The zero-order valence-electron chi connectivity index (χ0n) is 19.2. The third-order valence-electron chi connectivity index (χ3n) is 5.79. The Morgan fingerprint density at radius 3 is 2.58 bits per heavy atom. The number of pyridine rings is 1. The average Bonchev–Trinajstić information content (AvgIpc) is 3.12. The maximum atomic E-state index is 13.5. The SMILES string of the molecule is Cn1c(C(=O)NC2(C)CCS(=O)(=O)CC2)nc2ccc(Oc3ncc(F)cc3OCC(F)(F)F)cc21. The van der Waals surface area contributed by atoms with Gasteiger partial charge in [-0.15, -0.1) is 0 Å². The minimum absolute atomic E-state index is 0.0148. The first-order valence-corrected chi connectivity index (χ1v) is 12.6. The molecule has 1 N–H and O–H groups in total. The van der Waals surface area contributed by atoms with Crippen LogP contribution in [0.5, 0.6) is 17.4 Å². The minimum atomic E-state index is -4.64. The van der Waals surface area contributed by atoms with Gasteiger partial charge < -0.3 is 19.4 Å². The van der Waals surface area contributed by atoms with Crippen molar-refractivity contribution in [3.05, 3.63) is 42.1 Å². The molecule has 1 fully saturated rings. The number of ether oxygens (including phenoxy) is 2. The first-order chi connectivity index (χ1) is 16.7. The highest BCUT2D eigenvalue weighted by Gasteiger charge is 2.35. The first kappa shape index (κ1) is 25.7. The highest BCUT2D eigenvalue weighted by molar-refractivity contribution is 7.91. The van der Waals surface area contributed by atoms with E-state index in [2.05, 4.69) is 20.0 Å². The van der Waals surface area contributed by atoms with Gasteiger partial charge in [0.05, 0.1) is 28.7 Å². The van der Waals surface area contributed by atoms with E-state index in [0.29, 0.717) is 11.0 Å². The third kappa shape index (κ3) is 5.86. The summed E-state index contributed by atoms with van der Waals surface area (Å²) in [6.45, 7) is 0.126. The number of halogens is 4. The van der Waals surface area contributed by atoms with E-state index >= 15 is 0 Å². The molecule has 1 aliphatic heterocycles. The van der Waals surface area contributed by atoms with Gasteiger partial charge in [-0.1, -0.05) is 0 Å². The maximum absolute atomic E-state index is 13.5.